The molecule has 2 aromatic heterocycles. The number of rotatable bonds is 18. The van der Waals surface area contributed by atoms with E-state index in [0.717, 1.165) is 49.8 Å². The van der Waals surface area contributed by atoms with Gasteiger partial charge in [0.2, 0.25) is 29.5 Å². The molecule has 17 nitrogen and oxygen atoms in total. The van der Waals surface area contributed by atoms with Gasteiger partial charge in [0, 0.05) is 74.8 Å². The van der Waals surface area contributed by atoms with Crippen LogP contribution in [0.15, 0.2) is 49.1 Å². The third-order valence-corrected chi connectivity index (χ3v) is 15.3. The fraction of sp³-hybridized carbons (Fsp3) is 0.640. The summed E-state index contributed by atoms with van der Waals surface area (Å²) in [5, 5.41) is 12.6. The molecule has 3 aromatic rings. The van der Waals surface area contributed by atoms with E-state index in [1.807, 2.05) is 11.0 Å². The molecule has 6 atom stereocenters. The molecule has 5 amide bonds. The second-order valence-corrected chi connectivity index (χ2v) is 20.0. The number of alkyl halides is 3. The lowest BCUT2D eigenvalue weighted by atomic mass is 9.78. The smallest absolute Gasteiger partial charge is 0.378 e. The summed E-state index contributed by atoms with van der Waals surface area (Å²) >= 11 is 0. The minimum Gasteiger partial charge on any atom is -0.378 e. The van der Waals surface area contributed by atoms with Crippen LogP contribution in [0.5, 0.6) is 0 Å². The van der Waals surface area contributed by atoms with E-state index in [2.05, 4.69) is 62.0 Å². The average Bonchev–Trinajstić information content (AvgIpc) is 3.84. The molecule has 8 rings (SSSR count). The average molecular weight is 977 g/mol. The highest BCUT2D eigenvalue weighted by molar-refractivity contribution is 5.93. The maximum atomic E-state index is 14.0. The van der Waals surface area contributed by atoms with E-state index < -0.39 is 23.7 Å². The maximum Gasteiger partial charge on any atom is 0.416 e. The van der Waals surface area contributed by atoms with Crippen LogP contribution >= 0.6 is 0 Å². The fourth-order valence-corrected chi connectivity index (χ4v) is 11.0. The van der Waals surface area contributed by atoms with Crippen molar-refractivity contribution in [1.82, 2.24) is 45.6 Å². The molecule has 2 saturated heterocycles. The predicted molar refractivity (Wildman–Crippen MR) is 253 cm³/mol. The highest BCUT2D eigenvalue weighted by atomic mass is 19.4. The molecular formula is C50H67F3N10O7. The molecule has 3 aliphatic carbocycles. The predicted octanol–water partition coefficient (Wildman–Crippen LogP) is 4.77. The molecule has 380 valence electrons. The first-order valence-corrected chi connectivity index (χ1v) is 24.9. The zero-order valence-corrected chi connectivity index (χ0v) is 40.5. The van der Waals surface area contributed by atoms with Crippen LogP contribution in [-0.4, -0.2) is 148 Å². The van der Waals surface area contributed by atoms with Gasteiger partial charge in [-0.3, -0.25) is 29.0 Å². The number of carbonyl (C=O) groups excluding carboxylic acids is 5. The number of benzene rings is 1. The number of fused-ring (bicyclic) bond motifs is 1. The first-order chi connectivity index (χ1) is 33.5. The fourth-order valence-electron chi connectivity index (χ4n) is 11.0. The van der Waals surface area contributed by atoms with Crippen LogP contribution in [0, 0.1) is 11.8 Å². The van der Waals surface area contributed by atoms with Gasteiger partial charge in [-0.2, -0.15) is 13.2 Å². The Kier molecular flexibility index (Phi) is 16.2. The largest absolute Gasteiger partial charge is 0.416 e. The number of carbonyl (C=O) groups is 5. The summed E-state index contributed by atoms with van der Waals surface area (Å²) in [4.78, 5) is 84.5. The van der Waals surface area contributed by atoms with E-state index in [1.165, 1.54) is 12.4 Å². The third kappa shape index (κ3) is 12.0. The van der Waals surface area contributed by atoms with Crippen molar-refractivity contribution < 1.29 is 46.6 Å². The Hall–Kier alpha value is -5.47. The lowest BCUT2D eigenvalue weighted by Gasteiger charge is -2.45. The van der Waals surface area contributed by atoms with Gasteiger partial charge in [-0.1, -0.05) is 6.07 Å². The highest BCUT2D eigenvalue weighted by Gasteiger charge is 2.46. The van der Waals surface area contributed by atoms with Gasteiger partial charge in [0.25, 0.3) is 0 Å². The number of anilines is 1. The van der Waals surface area contributed by atoms with Crippen molar-refractivity contribution in [3.63, 3.8) is 0 Å². The molecule has 3 saturated carbocycles. The van der Waals surface area contributed by atoms with Gasteiger partial charge in [0.15, 0.2) is 0 Å². The standard InChI is InChI=1S/C50H67F3N10O7/c1-29(2)61(3)34-8-14-42(63-19-15-40(49(63)68)59-46-37-24-32(50(51,52)53)7-13-39(37)56-28-57-46)41(25-34)60-47(66)31-22-33(23-31)58-43(64)16-20-69-35-9-11-36(12-10-35)70-21-18-55-48(67)38-26-44(65)62(4)45(38)30-6-5-17-54-27-30/h5-7,13,17,24,27-29,31,33-36,38,40-42,45H,8-12,14-16,18-23,25-26H2,1-4H3,(H,55,67)(H,58,64)(H,60,66)(H,56,57,59)/t31?,33?,34-,35?,36?,38+,40+,41-,42+,45-/m1/s1. The second-order valence-electron chi connectivity index (χ2n) is 20.0. The number of aromatic nitrogens is 3. The first kappa shape index (κ1) is 50.9. The van der Waals surface area contributed by atoms with Crippen molar-refractivity contribution in [1.29, 1.82) is 0 Å². The number of nitrogens with one attached hydrogen (secondary N) is 4. The summed E-state index contributed by atoms with van der Waals surface area (Å²) in [6, 6.07) is 5.68. The number of ether oxygens (including phenoxy) is 2. The summed E-state index contributed by atoms with van der Waals surface area (Å²) in [7, 11) is 3.79. The zero-order chi connectivity index (χ0) is 49.7. The van der Waals surface area contributed by atoms with Crippen LogP contribution in [0.3, 0.4) is 0 Å². The monoisotopic (exact) mass is 977 g/mol. The number of pyridine rings is 1. The van der Waals surface area contributed by atoms with Gasteiger partial charge in [0.1, 0.15) is 18.2 Å². The van der Waals surface area contributed by atoms with Crippen molar-refractivity contribution in [2.45, 2.75) is 152 Å². The van der Waals surface area contributed by atoms with Gasteiger partial charge in [-0.25, -0.2) is 9.97 Å². The summed E-state index contributed by atoms with van der Waals surface area (Å²) in [6.45, 7) is 5.68. The Bertz CT molecular complexity index is 2330. The van der Waals surface area contributed by atoms with Crippen molar-refractivity contribution in [3.8, 4) is 0 Å². The molecule has 0 radical (unpaired) electrons. The Morgan fingerprint density at radius 1 is 0.914 bits per heavy atom. The van der Waals surface area contributed by atoms with Crippen LogP contribution < -0.4 is 21.3 Å². The Morgan fingerprint density at radius 2 is 1.66 bits per heavy atom. The number of halogens is 3. The van der Waals surface area contributed by atoms with Gasteiger partial charge in [-0.05, 0) is 115 Å². The summed E-state index contributed by atoms with van der Waals surface area (Å²) in [5.74, 6) is -1.26. The van der Waals surface area contributed by atoms with Crippen molar-refractivity contribution in [2.24, 2.45) is 11.8 Å². The van der Waals surface area contributed by atoms with Crippen LogP contribution in [0.1, 0.15) is 108 Å². The molecule has 5 fully saturated rings. The van der Waals surface area contributed by atoms with E-state index in [0.29, 0.717) is 63.9 Å². The second kappa shape index (κ2) is 22.3. The molecule has 4 heterocycles. The van der Waals surface area contributed by atoms with E-state index in [9.17, 15) is 37.1 Å². The number of likely N-dealkylation sites (tertiary alicyclic amines) is 2. The lowest BCUT2D eigenvalue weighted by Crippen LogP contribution is -2.60. The molecule has 1 aromatic carbocycles. The molecular weight excluding hydrogens is 910 g/mol. The van der Waals surface area contributed by atoms with E-state index >= 15 is 0 Å². The first-order valence-electron chi connectivity index (χ1n) is 24.9. The Labute approximate surface area is 406 Å². The van der Waals surface area contributed by atoms with Crippen LogP contribution in [0.25, 0.3) is 10.9 Å². The SMILES string of the molecule is CC(C)N(C)[C@@H]1CC[C@H](N2CC[C@H](Nc3ncnc4ccc(C(F)(F)F)cc34)C2=O)[C@H](NC(=O)C2CC(NC(=O)CCOC3CCC(OCCNC(=O)[C@H]4CC(=O)N(C)[C@@H]4c4cccnc4)CC3)C2)C1. The Morgan fingerprint density at radius 3 is 2.36 bits per heavy atom. The van der Waals surface area contributed by atoms with Crippen molar-refractivity contribution in [2.75, 3.05) is 45.7 Å². The van der Waals surface area contributed by atoms with Gasteiger partial charge in [-0.15, -0.1) is 0 Å². The van der Waals surface area contributed by atoms with Crippen molar-refractivity contribution in [3.05, 3.63) is 60.2 Å². The van der Waals surface area contributed by atoms with E-state index in [1.54, 1.807) is 30.4 Å². The molecule has 70 heavy (non-hydrogen) atoms. The van der Waals surface area contributed by atoms with E-state index in [4.69, 9.17) is 9.47 Å². The normalized spacial score (nSPS) is 28.3. The lowest BCUT2D eigenvalue weighted by molar-refractivity contribution is -0.137. The molecule has 20 heteroatoms. The molecule has 2 aliphatic heterocycles. The summed E-state index contributed by atoms with van der Waals surface area (Å²) in [5.41, 5.74) is 0.333. The van der Waals surface area contributed by atoms with Crippen molar-refractivity contribution >= 4 is 46.3 Å². The van der Waals surface area contributed by atoms with Gasteiger partial charge < -0.3 is 45.4 Å². The van der Waals surface area contributed by atoms with Gasteiger partial charge in [0.05, 0.1) is 60.5 Å². The van der Waals surface area contributed by atoms with Crippen LogP contribution in [-0.2, 0) is 39.6 Å². The number of nitrogens with zero attached hydrogens (tertiary/aromatic N) is 6. The van der Waals surface area contributed by atoms with Gasteiger partial charge >= 0.3 is 6.18 Å². The number of hydrogen-bond donors (Lipinski definition) is 4. The minimum absolute atomic E-state index is 0.0286. The zero-order valence-electron chi connectivity index (χ0n) is 40.5. The number of amides is 5. The Balaban J connectivity index is 0.737. The summed E-state index contributed by atoms with van der Waals surface area (Å²) < 4.78 is 52.9. The topological polar surface area (TPSA) is 200 Å². The van der Waals surface area contributed by atoms with Crippen LogP contribution in [0.4, 0.5) is 19.0 Å². The molecule has 0 unspecified atom stereocenters. The highest BCUT2D eigenvalue weighted by Crippen LogP contribution is 2.38. The van der Waals surface area contributed by atoms with Crippen LogP contribution in [0.2, 0.25) is 0 Å². The molecule has 0 spiro atoms. The quantitative estimate of drug-likeness (QED) is 0.128. The third-order valence-electron chi connectivity index (χ3n) is 15.3. The molecule has 5 aliphatic rings. The minimum atomic E-state index is -4.55. The molecule has 0 bridgehead atoms. The molecule has 4 N–H and O–H groups in total. The van der Waals surface area contributed by atoms with E-state index in [-0.39, 0.29) is 108 Å². The maximum absolute atomic E-state index is 14.0. The summed E-state index contributed by atoms with van der Waals surface area (Å²) in [6.07, 6.45) is 7.36. The number of hydrogen-bond acceptors (Lipinski definition) is 12.